The number of carbonyl (C=O) groups excluding carboxylic acids is 1. The van der Waals surface area contributed by atoms with Crippen molar-refractivity contribution in [3.05, 3.63) is 5.89 Å². The zero-order valence-corrected chi connectivity index (χ0v) is 11.3. The number of hydrogen-bond acceptors (Lipinski definition) is 6. The number of anilines is 1. The van der Waals surface area contributed by atoms with E-state index < -0.39 is 0 Å². The summed E-state index contributed by atoms with van der Waals surface area (Å²) in [5.41, 5.74) is 0. The van der Waals surface area contributed by atoms with Gasteiger partial charge in [0.05, 0.1) is 12.6 Å². The number of amides is 1. The molecule has 1 atom stereocenters. The molecule has 2 rings (SSSR count). The second kappa shape index (κ2) is 6.12. The van der Waals surface area contributed by atoms with E-state index in [-0.39, 0.29) is 24.6 Å². The maximum absolute atomic E-state index is 11.7. The van der Waals surface area contributed by atoms with Crippen molar-refractivity contribution in [2.45, 2.75) is 38.2 Å². The molecule has 1 aliphatic rings. The molecule has 19 heavy (non-hydrogen) atoms. The summed E-state index contributed by atoms with van der Waals surface area (Å²) >= 11 is 0. The highest BCUT2D eigenvalue weighted by molar-refractivity contribution is 5.90. The standard InChI is InChI=1S/C12H20N4O3/c1-8(17)5-6-16(2)7-10(18)13-12-15-14-11(19-12)9-3-4-9/h8-9,17H,3-7H2,1-2H3,(H,13,15,18). The highest BCUT2D eigenvalue weighted by atomic mass is 16.4. The summed E-state index contributed by atoms with van der Waals surface area (Å²) in [4.78, 5) is 13.6. The minimum absolute atomic E-state index is 0.163. The van der Waals surface area contributed by atoms with Crippen molar-refractivity contribution in [1.29, 1.82) is 0 Å². The van der Waals surface area contributed by atoms with E-state index in [1.54, 1.807) is 6.92 Å². The fourth-order valence-electron chi connectivity index (χ4n) is 1.67. The zero-order valence-electron chi connectivity index (χ0n) is 11.3. The summed E-state index contributed by atoms with van der Waals surface area (Å²) in [5, 5.41) is 19.4. The van der Waals surface area contributed by atoms with E-state index in [1.165, 1.54) is 0 Å². The number of rotatable bonds is 7. The maximum Gasteiger partial charge on any atom is 0.322 e. The van der Waals surface area contributed by atoms with E-state index >= 15 is 0 Å². The molecule has 0 radical (unpaired) electrons. The fourth-order valence-corrected chi connectivity index (χ4v) is 1.67. The predicted molar refractivity (Wildman–Crippen MR) is 68.7 cm³/mol. The van der Waals surface area contributed by atoms with Crippen molar-refractivity contribution < 1.29 is 14.3 Å². The number of aliphatic hydroxyl groups is 1. The Morgan fingerprint density at radius 2 is 2.32 bits per heavy atom. The van der Waals surface area contributed by atoms with Gasteiger partial charge in [0.15, 0.2) is 0 Å². The number of carbonyl (C=O) groups is 1. The molecule has 0 bridgehead atoms. The second-order valence-corrected chi connectivity index (χ2v) is 5.14. The first-order valence-corrected chi connectivity index (χ1v) is 6.54. The third-order valence-electron chi connectivity index (χ3n) is 2.96. The van der Waals surface area contributed by atoms with E-state index in [2.05, 4.69) is 15.5 Å². The molecule has 0 spiro atoms. The molecule has 1 saturated carbocycles. The molecule has 1 fully saturated rings. The van der Waals surface area contributed by atoms with Gasteiger partial charge in [-0.15, -0.1) is 5.10 Å². The van der Waals surface area contributed by atoms with E-state index in [0.717, 1.165) is 12.8 Å². The highest BCUT2D eigenvalue weighted by Crippen LogP contribution is 2.39. The molecule has 1 aromatic rings. The van der Waals surface area contributed by atoms with Gasteiger partial charge in [-0.1, -0.05) is 5.10 Å². The van der Waals surface area contributed by atoms with Crippen LogP contribution < -0.4 is 5.32 Å². The van der Waals surface area contributed by atoms with Crippen LogP contribution >= 0.6 is 0 Å². The molecule has 1 amide bonds. The predicted octanol–water partition coefficient (Wildman–Crippen LogP) is 0.588. The summed E-state index contributed by atoms with van der Waals surface area (Å²) in [6, 6.07) is 0.163. The highest BCUT2D eigenvalue weighted by Gasteiger charge is 2.29. The zero-order chi connectivity index (χ0) is 13.8. The minimum atomic E-state index is -0.359. The molecule has 0 saturated heterocycles. The lowest BCUT2D eigenvalue weighted by Gasteiger charge is -2.16. The Morgan fingerprint density at radius 1 is 1.58 bits per heavy atom. The first-order valence-electron chi connectivity index (χ1n) is 6.54. The third-order valence-corrected chi connectivity index (χ3v) is 2.96. The summed E-state index contributed by atoms with van der Waals surface area (Å²) in [7, 11) is 1.82. The molecule has 1 aromatic heterocycles. The number of likely N-dealkylation sites (N-methyl/N-ethyl adjacent to an activating group) is 1. The average molecular weight is 268 g/mol. The van der Waals surface area contributed by atoms with Crippen LogP contribution in [-0.4, -0.2) is 52.4 Å². The molecule has 7 nitrogen and oxygen atoms in total. The van der Waals surface area contributed by atoms with Gasteiger partial charge in [-0.05, 0) is 33.2 Å². The monoisotopic (exact) mass is 268 g/mol. The molecule has 1 heterocycles. The van der Waals surface area contributed by atoms with E-state index in [9.17, 15) is 9.90 Å². The molecule has 0 aromatic carbocycles. The summed E-state index contributed by atoms with van der Waals surface area (Å²) in [6.07, 6.45) is 2.44. The largest absolute Gasteiger partial charge is 0.408 e. The molecule has 0 aliphatic heterocycles. The third kappa shape index (κ3) is 4.60. The van der Waals surface area contributed by atoms with Gasteiger partial charge in [0, 0.05) is 12.5 Å². The molecular formula is C12H20N4O3. The van der Waals surface area contributed by atoms with Crippen molar-refractivity contribution in [2.24, 2.45) is 0 Å². The Labute approximate surface area is 112 Å². The first-order chi connectivity index (χ1) is 9.04. The Kier molecular flexibility index (Phi) is 4.49. The Balaban J connectivity index is 1.73. The molecule has 106 valence electrons. The van der Waals surface area contributed by atoms with Crippen LogP contribution in [0, 0.1) is 0 Å². The van der Waals surface area contributed by atoms with Crippen molar-refractivity contribution in [3.63, 3.8) is 0 Å². The van der Waals surface area contributed by atoms with Crippen LogP contribution in [-0.2, 0) is 4.79 Å². The van der Waals surface area contributed by atoms with Crippen molar-refractivity contribution in [1.82, 2.24) is 15.1 Å². The first kappa shape index (κ1) is 14.0. The molecule has 1 unspecified atom stereocenters. The number of nitrogens with zero attached hydrogens (tertiary/aromatic N) is 3. The summed E-state index contributed by atoms with van der Waals surface area (Å²) in [6.45, 7) is 2.61. The van der Waals surface area contributed by atoms with Crippen molar-refractivity contribution in [3.8, 4) is 0 Å². The number of nitrogens with one attached hydrogen (secondary N) is 1. The topological polar surface area (TPSA) is 91.5 Å². The van der Waals surface area contributed by atoms with Crippen molar-refractivity contribution in [2.75, 3.05) is 25.5 Å². The minimum Gasteiger partial charge on any atom is -0.408 e. The number of aliphatic hydroxyl groups excluding tert-OH is 1. The number of aromatic nitrogens is 2. The Bertz CT molecular complexity index is 428. The Hall–Kier alpha value is -1.47. The molecule has 2 N–H and O–H groups in total. The SMILES string of the molecule is CC(O)CCN(C)CC(=O)Nc1nnc(C2CC2)o1. The van der Waals surface area contributed by atoms with Gasteiger partial charge in [0.2, 0.25) is 11.8 Å². The van der Waals surface area contributed by atoms with Gasteiger partial charge in [0.25, 0.3) is 0 Å². The van der Waals surface area contributed by atoms with Crippen LogP contribution in [0.25, 0.3) is 0 Å². The summed E-state index contributed by atoms with van der Waals surface area (Å²) in [5.74, 6) is 0.795. The Morgan fingerprint density at radius 3 is 2.95 bits per heavy atom. The molecule has 7 heteroatoms. The number of hydrogen-bond donors (Lipinski definition) is 2. The quantitative estimate of drug-likeness (QED) is 0.752. The van der Waals surface area contributed by atoms with Crippen LogP contribution in [0.4, 0.5) is 6.01 Å². The van der Waals surface area contributed by atoms with E-state index in [0.29, 0.717) is 24.8 Å². The van der Waals surface area contributed by atoms with Gasteiger partial charge in [-0.2, -0.15) is 0 Å². The van der Waals surface area contributed by atoms with Gasteiger partial charge in [-0.25, -0.2) is 0 Å². The van der Waals surface area contributed by atoms with Crippen LogP contribution in [0.1, 0.15) is 38.0 Å². The lowest BCUT2D eigenvalue weighted by molar-refractivity contribution is -0.117. The maximum atomic E-state index is 11.7. The van der Waals surface area contributed by atoms with Crippen molar-refractivity contribution >= 4 is 11.9 Å². The lowest BCUT2D eigenvalue weighted by atomic mass is 10.3. The fraction of sp³-hybridized carbons (Fsp3) is 0.750. The smallest absolute Gasteiger partial charge is 0.322 e. The summed E-state index contributed by atoms with van der Waals surface area (Å²) < 4.78 is 5.35. The molecule has 1 aliphatic carbocycles. The lowest BCUT2D eigenvalue weighted by Crippen LogP contribution is -2.32. The van der Waals surface area contributed by atoms with Gasteiger partial charge in [0.1, 0.15) is 0 Å². The van der Waals surface area contributed by atoms with Gasteiger partial charge in [-0.3, -0.25) is 15.0 Å². The van der Waals surface area contributed by atoms with Gasteiger partial charge >= 0.3 is 6.01 Å². The van der Waals surface area contributed by atoms with Crippen LogP contribution in [0.2, 0.25) is 0 Å². The van der Waals surface area contributed by atoms with Gasteiger partial charge < -0.3 is 9.52 Å². The second-order valence-electron chi connectivity index (χ2n) is 5.14. The average Bonchev–Trinajstić information content (AvgIpc) is 3.08. The van der Waals surface area contributed by atoms with Crippen LogP contribution in [0.3, 0.4) is 0 Å². The normalized spacial score (nSPS) is 16.6. The van der Waals surface area contributed by atoms with E-state index in [4.69, 9.17) is 4.42 Å². The van der Waals surface area contributed by atoms with E-state index in [1.807, 2.05) is 11.9 Å². The van der Waals surface area contributed by atoms with Crippen LogP contribution in [0.5, 0.6) is 0 Å². The molecular weight excluding hydrogens is 248 g/mol. The van der Waals surface area contributed by atoms with Crippen LogP contribution in [0.15, 0.2) is 4.42 Å².